The van der Waals surface area contributed by atoms with E-state index in [2.05, 4.69) is 74.5 Å². The predicted molar refractivity (Wildman–Crippen MR) is 156 cm³/mol. The highest BCUT2D eigenvalue weighted by atomic mass is 16.7. The molecule has 0 amide bonds. The molecule has 1 saturated carbocycles. The molecule has 2 nitrogen and oxygen atoms in total. The Kier molecular flexibility index (Phi) is 11.1. The first-order valence-electron chi connectivity index (χ1n) is 15.6. The van der Waals surface area contributed by atoms with Crippen molar-refractivity contribution in [2.24, 2.45) is 5.41 Å². The van der Waals surface area contributed by atoms with Gasteiger partial charge in [0.05, 0.1) is 12.7 Å². The van der Waals surface area contributed by atoms with Gasteiger partial charge >= 0.3 is 0 Å². The minimum atomic E-state index is -0.458. The summed E-state index contributed by atoms with van der Waals surface area (Å²) in [4.78, 5) is 0. The van der Waals surface area contributed by atoms with Crippen molar-refractivity contribution < 1.29 is 9.47 Å². The quantitative estimate of drug-likeness (QED) is 0.199. The molecule has 3 atom stereocenters. The lowest BCUT2D eigenvalue weighted by Crippen LogP contribution is -2.48. The van der Waals surface area contributed by atoms with Crippen LogP contribution < -0.4 is 0 Å². The Morgan fingerprint density at radius 3 is 1.81 bits per heavy atom. The maximum Gasteiger partial charge on any atom is 0.175 e. The Balaban J connectivity index is 1.32. The van der Waals surface area contributed by atoms with Crippen LogP contribution in [-0.2, 0) is 9.47 Å². The molecular weight excluding hydrogens is 452 g/mol. The molecule has 1 aliphatic carbocycles. The highest BCUT2D eigenvalue weighted by molar-refractivity contribution is 5.37. The fraction of sp³-hybridized carbons (Fsp3) is 0.657. The molecule has 0 bridgehead atoms. The zero-order valence-electron chi connectivity index (χ0n) is 23.8. The van der Waals surface area contributed by atoms with Crippen molar-refractivity contribution in [3.63, 3.8) is 0 Å². The molecule has 204 valence electrons. The first-order chi connectivity index (χ1) is 18.2. The topological polar surface area (TPSA) is 18.5 Å². The number of hydrogen-bond acceptors (Lipinski definition) is 2. The molecule has 37 heavy (non-hydrogen) atoms. The van der Waals surface area contributed by atoms with E-state index in [1.807, 2.05) is 0 Å². The summed E-state index contributed by atoms with van der Waals surface area (Å²) in [5.74, 6) is -0.158. The van der Waals surface area contributed by atoms with Crippen molar-refractivity contribution in [1.29, 1.82) is 0 Å². The van der Waals surface area contributed by atoms with E-state index in [1.54, 1.807) is 0 Å². The van der Waals surface area contributed by atoms with Crippen LogP contribution in [-0.4, -0.2) is 18.5 Å². The molecular formula is C35H52O2. The molecule has 2 aromatic carbocycles. The Bertz CT molecular complexity index is 827. The fourth-order valence-electron chi connectivity index (χ4n) is 7.33. The van der Waals surface area contributed by atoms with Crippen molar-refractivity contribution >= 4 is 0 Å². The van der Waals surface area contributed by atoms with E-state index in [4.69, 9.17) is 9.47 Å². The summed E-state index contributed by atoms with van der Waals surface area (Å²) in [5, 5.41) is 0. The van der Waals surface area contributed by atoms with Crippen molar-refractivity contribution in [3.05, 3.63) is 71.8 Å². The number of hydrogen-bond donors (Lipinski definition) is 0. The minimum absolute atomic E-state index is 0.00109. The molecule has 4 rings (SSSR count). The van der Waals surface area contributed by atoms with E-state index >= 15 is 0 Å². The first-order valence-corrected chi connectivity index (χ1v) is 15.6. The largest absolute Gasteiger partial charge is 0.349 e. The van der Waals surface area contributed by atoms with Gasteiger partial charge in [-0.05, 0) is 43.7 Å². The van der Waals surface area contributed by atoms with Gasteiger partial charge in [-0.1, -0.05) is 138 Å². The van der Waals surface area contributed by atoms with Crippen LogP contribution >= 0.6 is 0 Å². The monoisotopic (exact) mass is 504 g/mol. The highest BCUT2D eigenvalue weighted by Gasteiger charge is 2.64. The van der Waals surface area contributed by atoms with Crippen LogP contribution in [0.3, 0.4) is 0 Å². The van der Waals surface area contributed by atoms with E-state index in [9.17, 15) is 0 Å². The Morgan fingerprint density at radius 2 is 1.24 bits per heavy atom. The number of unbranched alkanes of at least 4 members (excludes halogenated alkanes) is 10. The summed E-state index contributed by atoms with van der Waals surface area (Å²) in [7, 11) is 0. The number of ether oxygens (including phenoxy) is 2. The minimum Gasteiger partial charge on any atom is -0.349 e. The van der Waals surface area contributed by atoms with E-state index < -0.39 is 5.79 Å². The van der Waals surface area contributed by atoms with Crippen LogP contribution in [0.4, 0.5) is 0 Å². The van der Waals surface area contributed by atoms with E-state index in [1.165, 1.54) is 94.6 Å². The molecule has 0 N–H and O–H groups in total. The van der Waals surface area contributed by atoms with Crippen molar-refractivity contribution in [3.8, 4) is 0 Å². The van der Waals surface area contributed by atoms with Gasteiger partial charge in [0.25, 0.3) is 0 Å². The van der Waals surface area contributed by atoms with Crippen molar-refractivity contribution in [2.45, 2.75) is 134 Å². The maximum atomic E-state index is 7.02. The second-order valence-electron chi connectivity index (χ2n) is 11.9. The zero-order chi connectivity index (χ0) is 25.8. The summed E-state index contributed by atoms with van der Waals surface area (Å²) >= 11 is 0. The smallest absolute Gasteiger partial charge is 0.175 e. The van der Waals surface area contributed by atoms with Gasteiger partial charge in [0.15, 0.2) is 5.79 Å². The second kappa shape index (κ2) is 14.5. The molecule has 0 unspecified atom stereocenters. The summed E-state index contributed by atoms with van der Waals surface area (Å²) in [6.45, 7) is 5.39. The van der Waals surface area contributed by atoms with E-state index in [0.717, 1.165) is 25.9 Å². The lowest BCUT2D eigenvalue weighted by molar-refractivity contribution is -0.269. The lowest BCUT2D eigenvalue weighted by atomic mass is 9.64. The highest BCUT2D eigenvalue weighted by Crippen LogP contribution is 2.64. The van der Waals surface area contributed by atoms with E-state index in [-0.39, 0.29) is 11.5 Å². The second-order valence-corrected chi connectivity index (χ2v) is 11.9. The molecule has 2 heteroatoms. The molecule has 2 fully saturated rings. The van der Waals surface area contributed by atoms with Crippen LogP contribution in [0.5, 0.6) is 0 Å². The molecule has 1 aliphatic heterocycles. The van der Waals surface area contributed by atoms with Gasteiger partial charge in [0.1, 0.15) is 0 Å². The number of fused-ring (bicyclic) bond motifs is 1. The van der Waals surface area contributed by atoms with Gasteiger partial charge in [0, 0.05) is 17.8 Å². The summed E-state index contributed by atoms with van der Waals surface area (Å²) < 4.78 is 13.7. The van der Waals surface area contributed by atoms with E-state index in [0.29, 0.717) is 5.92 Å². The van der Waals surface area contributed by atoms with Crippen molar-refractivity contribution in [1.82, 2.24) is 0 Å². The third-order valence-electron chi connectivity index (χ3n) is 9.19. The van der Waals surface area contributed by atoms with Crippen LogP contribution in [0.15, 0.2) is 60.7 Å². The molecule has 2 aliphatic rings. The fourth-order valence-corrected chi connectivity index (χ4v) is 7.33. The van der Waals surface area contributed by atoms with Crippen LogP contribution in [0.2, 0.25) is 0 Å². The predicted octanol–water partition coefficient (Wildman–Crippen LogP) is 10.2. The van der Waals surface area contributed by atoms with Crippen LogP contribution in [0.25, 0.3) is 0 Å². The molecule has 2 aromatic rings. The lowest BCUT2D eigenvalue weighted by Gasteiger charge is -2.46. The Morgan fingerprint density at radius 1 is 0.703 bits per heavy atom. The first kappa shape index (κ1) is 28.4. The summed E-state index contributed by atoms with van der Waals surface area (Å²) in [5.41, 5.74) is 2.79. The van der Waals surface area contributed by atoms with Gasteiger partial charge in [-0.15, -0.1) is 0 Å². The molecule has 1 saturated heterocycles. The third kappa shape index (κ3) is 7.07. The average Bonchev–Trinajstić information content (AvgIpc) is 3.43. The summed E-state index contributed by atoms with van der Waals surface area (Å²) in [6, 6.07) is 22.2. The van der Waals surface area contributed by atoms with Gasteiger partial charge in [-0.25, -0.2) is 0 Å². The standard InChI is InChI=1S/C35H52O2/c1-3-4-5-6-7-8-9-10-11-12-15-21-30(2)37-35-27-20-26-34(35,28-29-36-35)33(31-22-16-13-17-23-31)32-24-18-14-19-25-32/h13-14,16-19,22-25,30,33H,3-12,15,20-21,26-29H2,1-2H3/t30-,34+,35-/m0/s1. The van der Waals surface area contributed by atoms with Crippen LogP contribution in [0.1, 0.15) is 134 Å². The molecule has 0 spiro atoms. The molecule has 1 heterocycles. The normalized spacial score (nSPS) is 24.0. The Labute approximate surface area is 227 Å². The Hall–Kier alpha value is -1.64. The SMILES string of the molecule is CCCCCCCCCCCCC[C@H](C)O[C@@]12CCC[C@]1(C(c1ccccc1)c1ccccc1)CCO2. The molecule has 0 radical (unpaired) electrons. The third-order valence-corrected chi connectivity index (χ3v) is 9.19. The van der Waals surface area contributed by atoms with Gasteiger partial charge in [-0.2, -0.15) is 0 Å². The average molecular weight is 505 g/mol. The van der Waals surface area contributed by atoms with Gasteiger partial charge < -0.3 is 9.47 Å². The maximum absolute atomic E-state index is 7.02. The van der Waals surface area contributed by atoms with Crippen LogP contribution in [0, 0.1) is 5.41 Å². The number of rotatable bonds is 17. The van der Waals surface area contributed by atoms with Gasteiger partial charge in [0.2, 0.25) is 0 Å². The van der Waals surface area contributed by atoms with Gasteiger partial charge in [-0.3, -0.25) is 0 Å². The zero-order valence-corrected chi connectivity index (χ0v) is 23.8. The number of benzene rings is 2. The summed E-state index contributed by atoms with van der Waals surface area (Å²) in [6.07, 6.45) is 21.1. The molecule has 0 aromatic heterocycles. The van der Waals surface area contributed by atoms with Crippen molar-refractivity contribution in [2.75, 3.05) is 6.61 Å².